The molecule has 13 heavy (non-hydrogen) atoms. The molecular formula is C11H17NS. The lowest BCUT2D eigenvalue weighted by atomic mass is 10.1. The number of hydrogen-bond donors (Lipinski definition) is 1. The van der Waals surface area contributed by atoms with Crippen LogP contribution in [-0.4, -0.2) is 11.8 Å². The number of rotatable bonds is 4. The van der Waals surface area contributed by atoms with E-state index in [-0.39, 0.29) is 6.04 Å². The summed E-state index contributed by atoms with van der Waals surface area (Å²) in [6.07, 6.45) is 0.969. The summed E-state index contributed by atoms with van der Waals surface area (Å²) in [5.41, 5.74) is 7.05. The van der Waals surface area contributed by atoms with Crippen molar-refractivity contribution in [2.24, 2.45) is 5.73 Å². The number of hydrogen-bond acceptors (Lipinski definition) is 2. The molecule has 1 nitrogen and oxygen atoms in total. The molecule has 0 saturated carbocycles. The molecule has 72 valence electrons. The third-order valence-corrected chi connectivity index (χ3v) is 2.69. The third-order valence-electron chi connectivity index (χ3n) is 1.79. The zero-order valence-corrected chi connectivity index (χ0v) is 9.10. The highest BCUT2D eigenvalue weighted by atomic mass is 32.2. The summed E-state index contributed by atoms with van der Waals surface area (Å²) in [6, 6.07) is 8.94. The zero-order valence-electron chi connectivity index (χ0n) is 8.29. The average molecular weight is 195 g/mol. The molecule has 0 fully saturated rings. The van der Waals surface area contributed by atoms with Crippen LogP contribution < -0.4 is 5.73 Å². The van der Waals surface area contributed by atoms with E-state index >= 15 is 0 Å². The highest BCUT2D eigenvalue weighted by Gasteiger charge is 1.97. The first-order chi connectivity index (χ1) is 6.22. The second-order valence-corrected chi connectivity index (χ2v) is 4.60. The molecule has 0 heterocycles. The zero-order chi connectivity index (χ0) is 9.68. The molecule has 1 aromatic carbocycles. The fraction of sp³-hybridized carbons (Fsp3) is 0.455. The van der Waals surface area contributed by atoms with Gasteiger partial charge in [0.05, 0.1) is 0 Å². The smallest absolute Gasteiger partial charge is 0.00720 e. The van der Waals surface area contributed by atoms with Crippen LogP contribution in [-0.2, 0) is 6.42 Å². The fourth-order valence-electron chi connectivity index (χ4n) is 1.26. The summed E-state index contributed by atoms with van der Waals surface area (Å²) in [5, 5.41) is 0. The molecule has 0 saturated heterocycles. The van der Waals surface area contributed by atoms with E-state index < -0.39 is 0 Å². The Morgan fingerprint density at radius 3 is 2.38 bits per heavy atom. The summed E-state index contributed by atoms with van der Waals surface area (Å²) >= 11 is 1.87. The van der Waals surface area contributed by atoms with E-state index in [4.69, 9.17) is 5.73 Å². The molecule has 2 N–H and O–H groups in total. The third kappa shape index (κ3) is 3.83. The van der Waals surface area contributed by atoms with Crippen molar-refractivity contribution in [2.45, 2.75) is 31.2 Å². The summed E-state index contributed by atoms with van der Waals surface area (Å²) < 4.78 is 0. The molecule has 0 aliphatic heterocycles. The first-order valence-corrected chi connectivity index (χ1v) is 5.68. The van der Waals surface area contributed by atoms with E-state index in [0.717, 1.165) is 12.2 Å². The second kappa shape index (κ2) is 5.30. The predicted octanol–water partition coefficient (Wildman–Crippen LogP) is 2.69. The topological polar surface area (TPSA) is 26.0 Å². The molecule has 0 aliphatic carbocycles. The lowest BCUT2D eigenvalue weighted by Gasteiger charge is -2.05. The maximum Gasteiger partial charge on any atom is 0.00720 e. The van der Waals surface area contributed by atoms with E-state index in [1.165, 1.54) is 10.5 Å². The Morgan fingerprint density at radius 1 is 1.31 bits per heavy atom. The van der Waals surface area contributed by atoms with Crippen molar-refractivity contribution in [3.8, 4) is 0 Å². The Balaban J connectivity index is 2.59. The van der Waals surface area contributed by atoms with Crippen molar-refractivity contribution in [1.29, 1.82) is 0 Å². The van der Waals surface area contributed by atoms with Gasteiger partial charge in [-0.15, -0.1) is 11.8 Å². The van der Waals surface area contributed by atoms with Crippen molar-refractivity contribution in [2.75, 3.05) is 5.75 Å². The highest BCUT2D eigenvalue weighted by Crippen LogP contribution is 2.17. The van der Waals surface area contributed by atoms with Crippen LogP contribution in [0.4, 0.5) is 0 Å². The maximum absolute atomic E-state index is 5.72. The van der Waals surface area contributed by atoms with Gasteiger partial charge in [-0.3, -0.25) is 0 Å². The van der Waals surface area contributed by atoms with Crippen LogP contribution in [0.25, 0.3) is 0 Å². The standard InChI is InChI=1S/C11H17NS/c1-3-13-11-6-4-10(5-7-11)8-9(2)12/h4-7,9H,3,8,12H2,1-2H3/t9-/m1/s1. The lowest BCUT2D eigenvalue weighted by Crippen LogP contribution is -2.17. The van der Waals surface area contributed by atoms with E-state index in [1.54, 1.807) is 0 Å². The Labute approximate surface area is 84.7 Å². The summed E-state index contributed by atoms with van der Waals surface area (Å²) in [7, 11) is 0. The highest BCUT2D eigenvalue weighted by molar-refractivity contribution is 7.99. The monoisotopic (exact) mass is 195 g/mol. The Morgan fingerprint density at radius 2 is 1.92 bits per heavy atom. The van der Waals surface area contributed by atoms with Gasteiger partial charge in [0.25, 0.3) is 0 Å². The molecule has 1 rings (SSSR count). The van der Waals surface area contributed by atoms with Gasteiger partial charge in [-0.1, -0.05) is 19.1 Å². The minimum Gasteiger partial charge on any atom is -0.328 e. The number of thioether (sulfide) groups is 1. The van der Waals surface area contributed by atoms with E-state index in [2.05, 4.69) is 31.2 Å². The quantitative estimate of drug-likeness (QED) is 0.748. The lowest BCUT2D eigenvalue weighted by molar-refractivity contribution is 0.737. The van der Waals surface area contributed by atoms with Gasteiger partial charge in [0.15, 0.2) is 0 Å². The van der Waals surface area contributed by atoms with Crippen molar-refractivity contribution in [1.82, 2.24) is 0 Å². The van der Waals surface area contributed by atoms with E-state index in [1.807, 2.05) is 18.7 Å². The first kappa shape index (κ1) is 10.6. The Kier molecular flexibility index (Phi) is 4.33. The minimum absolute atomic E-state index is 0.254. The molecule has 0 radical (unpaired) electrons. The molecule has 0 bridgehead atoms. The summed E-state index contributed by atoms with van der Waals surface area (Å²) in [5.74, 6) is 1.13. The van der Waals surface area contributed by atoms with Crippen LogP contribution in [0.5, 0.6) is 0 Å². The Bertz CT molecular complexity index is 241. The van der Waals surface area contributed by atoms with Crippen molar-refractivity contribution in [3.05, 3.63) is 29.8 Å². The molecule has 1 atom stereocenters. The van der Waals surface area contributed by atoms with Gasteiger partial charge in [0, 0.05) is 10.9 Å². The van der Waals surface area contributed by atoms with Crippen LogP contribution in [0, 0.1) is 0 Å². The van der Waals surface area contributed by atoms with E-state index in [9.17, 15) is 0 Å². The van der Waals surface area contributed by atoms with Gasteiger partial charge in [0.1, 0.15) is 0 Å². The van der Waals surface area contributed by atoms with Crippen molar-refractivity contribution < 1.29 is 0 Å². The molecule has 0 aromatic heterocycles. The normalized spacial score (nSPS) is 12.8. The van der Waals surface area contributed by atoms with Crippen molar-refractivity contribution >= 4 is 11.8 Å². The van der Waals surface area contributed by atoms with Crippen LogP contribution in [0.3, 0.4) is 0 Å². The Hall–Kier alpha value is -0.470. The number of benzene rings is 1. The maximum atomic E-state index is 5.72. The molecule has 0 amide bonds. The van der Waals surface area contributed by atoms with Gasteiger partial charge in [0.2, 0.25) is 0 Å². The van der Waals surface area contributed by atoms with Gasteiger partial charge >= 0.3 is 0 Å². The SMILES string of the molecule is CCSc1ccc(C[C@@H](C)N)cc1. The molecule has 0 aliphatic rings. The summed E-state index contributed by atoms with van der Waals surface area (Å²) in [4.78, 5) is 1.34. The van der Waals surface area contributed by atoms with Gasteiger partial charge in [-0.2, -0.15) is 0 Å². The van der Waals surface area contributed by atoms with Crippen LogP contribution in [0.15, 0.2) is 29.2 Å². The minimum atomic E-state index is 0.254. The van der Waals surface area contributed by atoms with E-state index in [0.29, 0.717) is 0 Å². The van der Waals surface area contributed by atoms with Gasteiger partial charge in [-0.25, -0.2) is 0 Å². The largest absolute Gasteiger partial charge is 0.328 e. The van der Waals surface area contributed by atoms with Crippen LogP contribution >= 0.6 is 11.8 Å². The average Bonchev–Trinajstić information content (AvgIpc) is 2.08. The first-order valence-electron chi connectivity index (χ1n) is 4.69. The summed E-state index contributed by atoms with van der Waals surface area (Å²) in [6.45, 7) is 4.20. The molecule has 0 spiro atoms. The van der Waals surface area contributed by atoms with Gasteiger partial charge < -0.3 is 5.73 Å². The van der Waals surface area contributed by atoms with Gasteiger partial charge in [-0.05, 0) is 36.8 Å². The predicted molar refractivity (Wildman–Crippen MR) is 60.2 cm³/mol. The molecule has 0 unspecified atom stereocenters. The fourth-order valence-corrected chi connectivity index (χ4v) is 1.92. The molecule has 2 heteroatoms. The van der Waals surface area contributed by atoms with Crippen LogP contribution in [0.1, 0.15) is 19.4 Å². The second-order valence-electron chi connectivity index (χ2n) is 3.26. The number of nitrogens with two attached hydrogens (primary N) is 1. The van der Waals surface area contributed by atoms with Crippen LogP contribution in [0.2, 0.25) is 0 Å². The van der Waals surface area contributed by atoms with Crippen molar-refractivity contribution in [3.63, 3.8) is 0 Å². The molecular weight excluding hydrogens is 178 g/mol. The molecule has 1 aromatic rings.